The molecule has 0 amide bonds. The molecule has 1 atom stereocenters. The van der Waals surface area contributed by atoms with Crippen LogP contribution >= 0.6 is 0 Å². The van der Waals surface area contributed by atoms with E-state index in [0.717, 1.165) is 32.4 Å². The van der Waals surface area contributed by atoms with Crippen LogP contribution in [0.5, 0.6) is 0 Å². The Labute approximate surface area is 139 Å². The molecule has 0 bridgehead atoms. The molecule has 1 fully saturated rings. The first kappa shape index (κ1) is 20.0. The molecule has 0 aliphatic carbocycles. The molecule has 23 heavy (non-hydrogen) atoms. The monoisotopic (exact) mass is 326 g/mol. The second-order valence-electron chi connectivity index (χ2n) is 6.59. The Morgan fingerprint density at radius 2 is 1.96 bits per heavy atom. The van der Waals surface area contributed by atoms with E-state index in [1.807, 2.05) is 0 Å². The number of rotatable bonds is 9. The number of nitrogens with two attached hydrogens (primary N) is 1. The molecule has 0 radical (unpaired) electrons. The van der Waals surface area contributed by atoms with Crippen LogP contribution in [0.3, 0.4) is 0 Å². The molecule has 1 aliphatic heterocycles. The molecule has 1 heterocycles. The van der Waals surface area contributed by atoms with Crippen molar-refractivity contribution in [3.8, 4) is 0 Å². The molecule has 0 saturated carbocycles. The molecule has 1 rings (SSSR count). The molecule has 132 valence electrons. The molecule has 1 unspecified atom stereocenters. The van der Waals surface area contributed by atoms with E-state index >= 15 is 0 Å². The highest BCUT2D eigenvalue weighted by atomic mass is 16.4. The van der Waals surface area contributed by atoms with E-state index in [-0.39, 0.29) is 12.2 Å². The number of likely N-dealkylation sites (tertiary alicyclic amines) is 1. The Balaban J connectivity index is 2.58. The summed E-state index contributed by atoms with van der Waals surface area (Å²) in [4.78, 5) is 14.0. The standard InChI is InChI=1S/C16H31BN2O4/c1-3-6-13(2)19-11-7-14(8-12-19)16(18,15(20)21)9-4-5-10-17(22)23/h6,14,22-23H,3-5,7-12,18H2,1-2H3,(H,20,21)/b13-6-. The average molecular weight is 326 g/mol. The molecule has 0 aromatic carbocycles. The predicted octanol–water partition coefficient (Wildman–Crippen LogP) is 1.44. The quantitative estimate of drug-likeness (QED) is 0.377. The van der Waals surface area contributed by atoms with E-state index in [0.29, 0.717) is 19.3 Å². The van der Waals surface area contributed by atoms with E-state index in [2.05, 4.69) is 24.8 Å². The van der Waals surface area contributed by atoms with Gasteiger partial charge in [-0.15, -0.1) is 0 Å². The first-order chi connectivity index (χ1) is 10.8. The number of unbranched alkanes of at least 4 members (excludes halogenated alkanes) is 1. The van der Waals surface area contributed by atoms with Gasteiger partial charge in [0.2, 0.25) is 0 Å². The van der Waals surface area contributed by atoms with Gasteiger partial charge >= 0.3 is 13.1 Å². The summed E-state index contributed by atoms with van der Waals surface area (Å²) < 4.78 is 0. The number of aliphatic carboxylic acids is 1. The third kappa shape index (κ3) is 5.82. The van der Waals surface area contributed by atoms with Crippen LogP contribution < -0.4 is 5.73 Å². The van der Waals surface area contributed by atoms with Crippen molar-refractivity contribution in [2.45, 2.75) is 64.2 Å². The van der Waals surface area contributed by atoms with Crippen LogP contribution in [0.4, 0.5) is 0 Å². The number of carboxylic acids is 1. The van der Waals surface area contributed by atoms with Gasteiger partial charge in [0.25, 0.3) is 0 Å². The largest absolute Gasteiger partial charge is 0.480 e. The fourth-order valence-corrected chi connectivity index (χ4v) is 3.40. The Hall–Kier alpha value is -1.05. The molecule has 1 saturated heterocycles. The number of hydrogen-bond donors (Lipinski definition) is 4. The maximum absolute atomic E-state index is 11.7. The molecule has 0 aromatic heterocycles. The van der Waals surface area contributed by atoms with Gasteiger partial charge in [-0.3, -0.25) is 4.79 Å². The summed E-state index contributed by atoms with van der Waals surface area (Å²) in [6, 6.07) is 0. The molecule has 1 aliphatic rings. The van der Waals surface area contributed by atoms with Gasteiger partial charge in [-0.1, -0.05) is 25.8 Å². The Morgan fingerprint density at radius 1 is 1.35 bits per heavy atom. The van der Waals surface area contributed by atoms with Crippen LogP contribution in [-0.2, 0) is 4.79 Å². The zero-order valence-corrected chi connectivity index (χ0v) is 14.4. The van der Waals surface area contributed by atoms with Gasteiger partial charge in [0.15, 0.2) is 0 Å². The van der Waals surface area contributed by atoms with Gasteiger partial charge in [-0.05, 0) is 44.8 Å². The first-order valence-electron chi connectivity index (χ1n) is 8.61. The molecule has 6 nitrogen and oxygen atoms in total. The summed E-state index contributed by atoms with van der Waals surface area (Å²) in [5.41, 5.74) is 6.29. The summed E-state index contributed by atoms with van der Waals surface area (Å²) in [6.07, 6.45) is 6.54. The second kappa shape index (κ2) is 9.30. The summed E-state index contributed by atoms with van der Waals surface area (Å²) in [5, 5.41) is 27.3. The number of nitrogens with zero attached hydrogens (tertiary/aromatic N) is 1. The zero-order valence-electron chi connectivity index (χ0n) is 14.4. The number of hydrogen-bond acceptors (Lipinski definition) is 5. The third-order valence-corrected chi connectivity index (χ3v) is 4.92. The summed E-state index contributed by atoms with van der Waals surface area (Å²) in [6.45, 7) is 5.88. The minimum absolute atomic E-state index is 0.0373. The molecule has 0 aromatic rings. The Bertz CT molecular complexity index is 409. The second-order valence-corrected chi connectivity index (χ2v) is 6.59. The highest BCUT2D eigenvalue weighted by Gasteiger charge is 2.42. The molecule has 5 N–H and O–H groups in total. The van der Waals surface area contributed by atoms with Gasteiger partial charge in [-0.2, -0.15) is 0 Å². The fraction of sp³-hybridized carbons (Fsp3) is 0.812. The lowest BCUT2D eigenvalue weighted by molar-refractivity contribution is -0.146. The molecular formula is C16H31BN2O4. The Morgan fingerprint density at radius 3 is 2.43 bits per heavy atom. The van der Waals surface area contributed by atoms with E-state index in [1.54, 1.807) is 0 Å². The van der Waals surface area contributed by atoms with Crippen molar-refractivity contribution in [1.29, 1.82) is 0 Å². The van der Waals surface area contributed by atoms with E-state index in [9.17, 15) is 9.90 Å². The van der Waals surface area contributed by atoms with Crippen LogP contribution in [-0.4, -0.2) is 51.8 Å². The lowest BCUT2D eigenvalue weighted by Gasteiger charge is -2.41. The highest BCUT2D eigenvalue weighted by Crippen LogP contribution is 2.32. The smallest absolute Gasteiger partial charge is 0.451 e. The highest BCUT2D eigenvalue weighted by molar-refractivity contribution is 6.40. The zero-order chi connectivity index (χ0) is 17.5. The van der Waals surface area contributed by atoms with Crippen molar-refractivity contribution < 1.29 is 19.9 Å². The van der Waals surface area contributed by atoms with Crippen LogP contribution in [0, 0.1) is 5.92 Å². The van der Waals surface area contributed by atoms with Gasteiger partial charge in [0.05, 0.1) is 0 Å². The number of piperidine rings is 1. The molecule has 7 heteroatoms. The predicted molar refractivity (Wildman–Crippen MR) is 91.7 cm³/mol. The van der Waals surface area contributed by atoms with Gasteiger partial charge in [0.1, 0.15) is 5.54 Å². The van der Waals surface area contributed by atoms with Gasteiger partial charge < -0.3 is 25.8 Å². The summed E-state index contributed by atoms with van der Waals surface area (Å²) in [7, 11) is -1.33. The van der Waals surface area contributed by atoms with Crippen LogP contribution in [0.1, 0.15) is 52.4 Å². The minimum Gasteiger partial charge on any atom is -0.480 e. The van der Waals surface area contributed by atoms with E-state index in [1.165, 1.54) is 5.70 Å². The molecule has 0 spiro atoms. The lowest BCUT2D eigenvalue weighted by Crippen LogP contribution is -2.56. The van der Waals surface area contributed by atoms with Crippen molar-refractivity contribution in [1.82, 2.24) is 4.90 Å². The van der Waals surface area contributed by atoms with Crippen LogP contribution in [0.2, 0.25) is 6.32 Å². The van der Waals surface area contributed by atoms with Crippen molar-refractivity contribution in [2.75, 3.05) is 13.1 Å². The number of carboxylic acid groups (broad SMARTS) is 1. The molecular weight excluding hydrogens is 295 g/mol. The van der Waals surface area contributed by atoms with Gasteiger partial charge in [0, 0.05) is 18.8 Å². The number of carbonyl (C=O) groups is 1. The SMILES string of the molecule is CC/C=C(/C)N1CCC(C(N)(CCCCB(O)O)C(=O)O)CC1. The normalized spacial score (nSPS) is 19.5. The van der Waals surface area contributed by atoms with Crippen LogP contribution in [0.25, 0.3) is 0 Å². The average Bonchev–Trinajstić information content (AvgIpc) is 2.51. The number of allylic oxidation sites excluding steroid dienone is 2. The van der Waals surface area contributed by atoms with Gasteiger partial charge in [-0.25, -0.2) is 0 Å². The van der Waals surface area contributed by atoms with E-state index < -0.39 is 18.6 Å². The van der Waals surface area contributed by atoms with Crippen molar-refractivity contribution in [2.24, 2.45) is 11.7 Å². The fourth-order valence-electron chi connectivity index (χ4n) is 3.40. The maximum atomic E-state index is 11.7. The van der Waals surface area contributed by atoms with Crippen LogP contribution in [0.15, 0.2) is 11.8 Å². The minimum atomic E-state index is -1.33. The first-order valence-corrected chi connectivity index (χ1v) is 8.61. The Kier molecular flexibility index (Phi) is 8.09. The summed E-state index contributed by atoms with van der Waals surface area (Å²) >= 11 is 0. The third-order valence-electron chi connectivity index (χ3n) is 4.92. The maximum Gasteiger partial charge on any atom is 0.451 e. The van der Waals surface area contributed by atoms with Crippen molar-refractivity contribution in [3.05, 3.63) is 11.8 Å². The van der Waals surface area contributed by atoms with Crippen molar-refractivity contribution >= 4 is 13.1 Å². The van der Waals surface area contributed by atoms with Crippen molar-refractivity contribution in [3.63, 3.8) is 0 Å². The topological polar surface area (TPSA) is 107 Å². The lowest BCUT2D eigenvalue weighted by atomic mass is 9.74. The van der Waals surface area contributed by atoms with E-state index in [4.69, 9.17) is 15.8 Å². The summed E-state index contributed by atoms with van der Waals surface area (Å²) in [5.74, 6) is -0.981.